The zero-order valence-electron chi connectivity index (χ0n) is 19.1. The fraction of sp³-hybridized carbons (Fsp3) is 0.148. The fourth-order valence-electron chi connectivity index (χ4n) is 3.64. The van der Waals surface area contributed by atoms with Crippen molar-refractivity contribution < 1.29 is 18.7 Å². The van der Waals surface area contributed by atoms with E-state index in [1.54, 1.807) is 73.7 Å². The smallest absolute Gasteiger partial charge is 0.251 e. The summed E-state index contributed by atoms with van der Waals surface area (Å²) in [6, 6.07) is 18.4. The number of hydrogen-bond donors (Lipinski definition) is 1. The molecule has 2 amide bonds. The Morgan fingerprint density at radius 1 is 1.03 bits per heavy atom. The summed E-state index contributed by atoms with van der Waals surface area (Å²) in [7, 11) is 3.29. The highest BCUT2D eigenvalue weighted by Gasteiger charge is 2.14. The number of pyridine rings is 1. The first-order chi connectivity index (χ1) is 16.4. The van der Waals surface area contributed by atoms with Gasteiger partial charge >= 0.3 is 0 Å². The number of aryl methyl sites for hydroxylation is 1. The maximum absolute atomic E-state index is 13.1. The highest BCUT2D eigenvalue weighted by atomic mass is 19.1. The van der Waals surface area contributed by atoms with E-state index in [1.807, 2.05) is 13.0 Å². The summed E-state index contributed by atoms with van der Waals surface area (Å²) in [5.74, 6) is 0.535. The number of ether oxygens (including phenoxy) is 1. The van der Waals surface area contributed by atoms with E-state index >= 15 is 0 Å². The summed E-state index contributed by atoms with van der Waals surface area (Å²) < 4.78 is 19.2. The molecule has 0 radical (unpaired) electrons. The molecule has 172 valence electrons. The van der Waals surface area contributed by atoms with Gasteiger partial charge in [-0.15, -0.1) is 0 Å². The fourth-order valence-corrected chi connectivity index (χ4v) is 3.64. The molecule has 1 heterocycles. The van der Waals surface area contributed by atoms with E-state index in [0.29, 0.717) is 22.7 Å². The van der Waals surface area contributed by atoms with E-state index in [-0.39, 0.29) is 24.1 Å². The van der Waals surface area contributed by atoms with Crippen LogP contribution in [0.4, 0.5) is 10.1 Å². The maximum atomic E-state index is 13.1. The number of halogens is 1. The minimum absolute atomic E-state index is 0.113. The minimum Gasteiger partial charge on any atom is -0.457 e. The predicted octanol–water partition coefficient (Wildman–Crippen LogP) is 5.04. The van der Waals surface area contributed by atoms with Crippen LogP contribution in [0.3, 0.4) is 0 Å². The number of carbonyl (C=O) groups excluding carboxylic acids is 2. The van der Waals surface area contributed by atoms with Crippen LogP contribution in [0.5, 0.6) is 11.5 Å². The number of likely N-dealkylation sites (N-methyl/N-ethyl adjacent to an activating group) is 1. The first kappa shape index (κ1) is 22.9. The normalized spacial score (nSPS) is 10.7. The van der Waals surface area contributed by atoms with Crippen LogP contribution in [0.1, 0.15) is 21.5 Å². The highest BCUT2D eigenvalue weighted by molar-refractivity contribution is 6.00. The second-order valence-electron chi connectivity index (χ2n) is 7.92. The molecule has 0 aliphatic rings. The lowest BCUT2D eigenvalue weighted by molar-refractivity contribution is -0.117. The van der Waals surface area contributed by atoms with Crippen molar-refractivity contribution in [1.82, 2.24) is 10.3 Å². The second-order valence-corrected chi connectivity index (χ2v) is 7.92. The summed E-state index contributed by atoms with van der Waals surface area (Å²) in [6.07, 6.45) is 1.83. The molecule has 6 nitrogen and oxygen atoms in total. The number of rotatable bonds is 6. The van der Waals surface area contributed by atoms with Crippen LogP contribution in [0.15, 0.2) is 72.9 Å². The monoisotopic (exact) mass is 457 g/mol. The van der Waals surface area contributed by atoms with E-state index in [1.165, 1.54) is 12.1 Å². The predicted molar refractivity (Wildman–Crippen MR) is 130 cm³/mol. The molecule has 0 saturated heterocycles. The van der Waals surface area contributed by atoms with Gasteiger partial charge in [-0.2, -0.15) is 0 Å². The quantitative estimate of drug-likeness (QED) is 0.440. The Hall–Kier alpha value is -4.26. The summed E-state index contributed by atoms with van der Waals surface area (Å²) >= 11 is 0. The van der Waals surface area contributed by atoms with Gasteiger partial charge in [0.2, 0.25) is 5.91 Å². The zero-order valence-corrected chi connectivity index (χ0v) is 19.1. The lowest BCUT2D eigenvalue weighted by atomic mass is 10.0. The van der Waals surface area contributed by atoms with Gasteiger partial charge in [0.25, 0.3) is 5.91 Å². The van der Waals surface area contributed by atoms with Crippen LogP contribution in [0, 0.1) is 12.7 Å². The third kappa shape index (κ3) is 4.88. The molecule has 0 aliphatic carbocycles. The van der Waals surface area contributed by atoms with Crippen molar-refractivity contribution in [1.29, 1.82) is 0 Å². The molecule has 0 unspecified atom stereocenters. The van der Waals surface area contributed by atoms with Gasteiger partial charge in [0.05, 0.1) is 11.9 Å². The van der Waals surface area contributed by atoms with Crippen LogP contribution in [0.25, 0.3) is 10.9 Å². The molecule has 1 N–H and O–H groups in total. The molecule has 0 atom stereocenters. The third-order valence-corrected chi connectivity index (χ3v) is 5.61. The average Bonchev–Trinajstić information content (AvgIpc) is 2.84. The number of hydrogen-bond acceptors (Lipinski definition) is 4. The number of amides is 2. The first-order valence-corrected chi connectivity index (χ1v) is 10.8. The SMILES string of the molecule is CNC(=O)c1cc2c(Oc3ccc(N(C)C(=O)Cc4ccc(F)cc4)cc3)ccnc2cc1C. The van der Waals surface area contributed by atoms with Gasteiger partial charge in [0.1, 0.15) is 17.3 Å². The number of nitrogens with one attached hydrogen (secondary N) is 1. The third-order valence-electron chi connectivity index (χ3n) is 5.61. The summed E-state index contributed by atoms with van der Waals surface area (Å²) in [6.45, 7) is 1.87. The van der Waals surface area contributed by atoms with Gasteiger partial charge in [0.15, 0.2) is 0 Å². The van der Waals surface area contributed by atoms with Crippen molar-refractivity contribution in [2.24, 2.45) is 0 Å². The van der Waals surface area contributed by atoms with Gasteiger partial charge < -0.3 is 15.0 Å². The van der Waals surface area contributed by atoms with Crippen molar-refractivity contribution in [3.05, 3.63) is 95.4 Å². The van der Waals surface area contributed by atoms with Crippen LogP contribution in [-0.4, -0.2) is 30.9 Å². The molecule has 1 aromatic heterocycles. The van der Waals surface area contributed by atoms with Crippen molar-refractivity contribution in [3.63, 3.8) is 0 Å². The standard InChI is InChI=1S/C27H24FN3O3/c1-17-14-24-23(16-22(17)27(33)29-2)25(12-13-30-24)34-21-10-8-20(9-11-21)31(3)26(32)15-18-4-6-19(28)7-5-18/h4-14,16H,15H2,1-3H3,(H,29,33). The topological polar surface area (TPSA) is 71.5 Å². The zero-order chi connectivity index (χ0) is 24.2. The minimum atomic E-state index is -0.331. The first-order valence-electron chi connectivity index (χ1n) is 10.8. The highest BCUT2D eigenvalue weighted by Crippen LogP contribution is 2.31. The number of aromatic nitrogens is 1. The van der Waals surface area contributed by atoms with Gasteiger partial charge in [-0.05, 0) is 72.6 Å². The van der Waals surface area contributed by atoms with Crippen LogP contribution in [0.2, 0.25) is 0 Å². The maximum Gasteiger partial charge on any atom is 0.251 e. The van der Waals surface area contributed by atoms with E-state index in [0.717, 1.165) is 22.0 Å². The summed E-state index contributed by atoms with van der Waals surface area (Å²) in [4.78, 5) is 30.8. The molecule has 3 aromatic carbocycles. The largest absolute Gasteiger partial charge is 0.457 e. The molecule has 4 rings (SSSR count). The van der Waals surface area contributed by atoms with Crippen LogP contribution < -0.4 is 15.0 Å². The lowest BCUT2D eigenvalue weighted by Crippen LogP contribution is -2.27. The Bertz CT molecular complexity index is 1350. The van der Waals surface area contributed by atoms with Crippen molar-refractivity contribution in [2.45, 2.75) is 13.3 Å². The van der Waals surface area contributed by atoms with E-state index in [2.05, 4.69) is 10.3 Å². The van der Waals surface area contributed by atoms with Crippen LogP contribution in [-0.2, 0) is 11.2 Å². The molecule has 34 heavy (non-hydrogen) atoms. The van der Waals surface area contributed by atoms with E-state index < -0.39 is 0 Å². The Morgan fingerprint density at radius 3 is 2.41 bits per heavy atom. The number of carbonyl (C=O) groups is 2. The Morgan fingerprint density at radius 2 is 1.74 bits per heavy atom. The van der Waals surface area contributed by atoms with Crippen LogP contribution >= 0.6 is 0 Å². The van der Waals surface area contributed by atoms with E-state index in [4.69, 9.17) is 4.74 Å². The summed E-state index contributed by atoms with van der Waals surface area (Å²) in [5, 5.41) is 3.37. The molecular formula is C27H24FN3O3. The molecule has 0 aliphatic heterocycles. The molecule has 4 aromatic rings. The Balaban J connectivity index is 1.52. The molecule has 0 fully saturated rings. The van der Waals surface area contributed by atoms with Crippen molar-refractivity contribution >= 4 is 28.4 Å². The number of benzene rings is 3. The number of anilines is 1. The molecule has 0 bridgehead atoms. The molecular weight excluding hydrogens is 433 g/mol. The number of nitrogens with zero attached hydrogens (tertiary/aromatic N) is 2. The van der Waals surface area contributed by atoms with Gasteiger partial charge in [-0.3, -0.25) is 14.6 Å². The van der Waals surface area contributed by atoms with E-state index in [9.17, 15) is 14.0 Å². The molecule has 0 spiro atoms. The Kier molecular flexibility index (Phi) is 6.54. The van der Waals surface area contributed by atoms with Gasteiger partial charge in [-0.1, -0.05) is 12.1 Å². The second kappa shape index (κ2) is 9.70. The van der Waals surface area contributed by atoms with Gasteiger partial charge in [0, 0.05) is 36.9 Å². The average molecular weight is 458 g/mol. The Labute approximate surface area is 197 Å². The summed E-state index contributed by atoms with van der Waals surface area (Å²) in [5.41, 5.74) is 3.56. The van der Waals surface area contributed by atoms with Crippen molar-refractivity contribution in [3.8, 4) is 11.5 Å². The number of fused-ring (bicyclic) bond motifs is 1. The molecule has 7 heteroatoms. The van der Waals surface area contributed by atoms with Gasteiger partial charge in [-0.25, -0.2) is 4.39 Å². The lowest BCUT2D eigenvalue weighted by Gasteiger charge is -2.18. The molecule has 0 saturated carbocycles. The van der Waals surface area contributed by atoms with Crippen molar-refractivity contribution in [2.75, 3.05) is 19.0 Å².